The third kappa shape index (κ3) is 3.54. The molecule has 2 aliphatic carbocycles. The molecule has 1 aromatic carbocycles. The van der Waals surface area contributed by atoms with Gasteiger partial charge in [0.15, 0.2) is 5.82 Å². The Morgan fingerprint density at radius 2 is 1.87 bits per heavy atom. The Labute approximate surface area is 184 Å². The van der Waals surface area contributed by atoms with Crippen LogP contribution in [0.5, 0.6) is 0 Å². The van der Waals surface area contributed by atoms with Crippen LogP contribution in [0.2, 0.25) is 0 Å². The van der Waals surface area contributed by atoms with Crippen LogP contribution in [0.25, 0.3) is 11.0 Å². The van der Waals surface area contributed by atoms with Crippen LogP contribution in [-0.4, -0.2) is 68.1 Å². The number of carbonyl (C=O) groups is 2. The summed E-state index contributed by atoms with van der Waals surface area (Å²) < 4.78 is 2.77. The number of piperazine rings is 1. The van der Waals surface area contributed by atoms with Crippen molar-refractivity contribution in [3.8, 4) is 0 Å². The van der Waals surface area contributed by atoms with Gasteiger partial charge in [-0.3, -0.25) is 9.59 Å². The maximum atomic E-state index is 13.2. The molecule has 1 saturated heterocycles. The maximum absolute atomic E-state index is 13.2. The average Bonchev–Trinajstić information content (AvgIpc) is 3.53. The fraction of sp³-hybridized carbons (Fsp3) is 0.591. The number of fused-ring (bicyclic) bond motifs is 1. The number of carbonyl (C=O) groups excluding carboxylic acids is 2. The third-order valence-corrected chi connectivity index (χ3v) is 7.46. The minimum Gasteiger partial charge on any atom is -0.393 e. The molecule has 2 aromatic rings. The van der Waals surface area contributed by atoms with Crippen LogP contribution < -0.4 is 0 Å². The molecule has 0 spiro atoms. The first-order valence-electron chi connectivity index (χ1n) is 10.8. The molecule has 0 atom stereocenters. The van der Waals surface area contributed by atoms with Crippen LogP contribution >= 0.6 is 15.9 Å². The molecule has 8 heteroatoms. The molecule has 1 N–H and O–H groups in total. The Morgan fingerprint density at radius 1 is 1.13 bits per heavy atom. The quantitative estimate of drug-likeness (QED) is 0.741. The van der Waals surface area contributed by atoms with Gasteiger partial charge in [0, 0.05) is 30.7 Å². The van der Waals surface area contributed by atoms with Crippen molar-refractivity contribution in [2.75, 3.05) is 19.6 Å². The van der Waals surface area contributed by atoms with Gasteiger partial charge in [0.1, 0.15) is 12.1 Å². The zero-order valence-electron chi connectivity index (χ0n) is 17.2. The van der Waals surface area contributed by atoms with E-state index in [1.807, 2.05) is 16.5 Å². The summed E-state index contributed by atoms with van der Waals surface area (Å²) in [5.41, 5.74) is 3.02. The van der Waals surface area contributed by atoms with Gasteiger partial charge in [-0.05, 0) is 78.1 Å². The molecule has 7 nitrogen and oxygen atoms in total. The number of rotatable bonds is 3. The summed E-state index contributed by atoms with van der Waals surface area (Å²) in [7, 11) is 1.87. The Morgan fingerprint density at radius 3 is 2.53 bits per heavy atom. The summed E-state index contributed by atoms with van der Waals surface area (Å²) in [6.07, 6.45) is 5.36. The second kappa shape index (κ2) is 7.64. The molecule has 5 rings (SSSR count). The topological polar surface area (TPSA) is 78.7 Å². The highest BCUT2D eigenvalue weighted by atomic mass is 79.9. The molecule has 2 amide bonds. The summed E-state index contributed by atoms with van der Waals surface area (Å²) >= 11 is 3.62. The van der Waals surface area contributed by atoms with Crippen molar-refractivity contribution in [2.45, 2.75) is 56.6 Å². The lowest BCUT2D eigenvalue weighted by Gasteiger charge is -2.41. The number of halogens is 1. The minimum atomic E-state index is -0.239. The van der Waals surface area contributed by atoms with Gasteiger partial charge >= 0.3 is 0 Å². The lowest BCUT2D eigenvalue weighted by atomic mass is 9.91. The summed E-state index contributed by atoms with van der Waals surface area (Å²) in [5.74, 6) is 0.791. The molecule has 30 heavy (non-hydrogen) atoms. The standard InChI is InChI=1S/C22H27BrN4O3/c1-25-18-11-14(13-2-3-13)10-17(23)20(18)24-21(25)22(30)26-8-9-27(19(29)12-26)15-4-6-16(28)7-5-15/h10-11,13,15-16,28H,2-9,12H2,1H3. The number of aliphatic hydroxyl groups excluding tert-OH is 1. The molecule has 0 bridgehead atoms. The van der Waals surface area contributed by atoms with Crippen LogP contribution in [0, 0.1) is 0 Å². The monoisotopic (exact) mass is 474 g/mol. The van der Waals surface area contributed by atoms with Crippen molar-refractivity contribution < 1.29 is 14.7 Å². The van der Waals surface area contributed by atoms with Gasteiger partial charge < -0.3 is 19.5 Å². The zero-order chi connectivity index (χ0) is 21.0. The second-order valence-corrected chi connectivity index (χ2v) is 9.77. The number of hydrogen-bond acceptors (Lipinski definition) is 4. The summed E-state index contributed by atoms with van der Waals surface area (Å²) in [4.78, 5) is 34.2. The van der Waals surface area contributed by atoms with E-state index in [1.165, 1.54) is 18.4 Å². The van der Waals surface area contributed by atoms with Crippen LogP contribution in [0.3, 0.4) is 0 Å². The minimum absolute atomic E-state index is 0.00745. The number of imidazole rings is 1. The van der Waals surface area contributed by atoms with E-state index in [9.17, 15) is 14.7 Å². The number of aryl methyl sites for hydroxylation is 1. The van der Waals surface area contributed by atoms with Crippen molar-refractivity contribution >= 4 is 38.8 Å². The van der Waals surface area contributed by atoms with Crippen molar-refractivity contribution in [3.05, 3.63) is 28.0 Å². The van der Waals surface area contributed by atoms with E-state index in [4.69, 9.17) is 0 Å². The molecule has 1 aliphatic heterocycles. The van der Waals surface area contributed by atoms with Gasteiger partial charge in [-0.25, -0.2) is 4.98 Å². The molecular weight excluding hydrogens is 448 g/mol. The number of hydrogen-bond donors (Lipinski definition) is 1. The average molecular weight is 475 g/mol. The predicted molar refractivity (Wildman–Crippen MR) is 116 cm³/mol. The lowest BCUT2D eigenvalue weighted by Crippen LogP contribution is -2.56. The zero-order valence-corrected chi connectivity index (χ0v) is 18.8. The van der Waals surface area contributed by atoms with Gasteiger partial charge in [-0.2, -0.15) is 0 Å². The Bertz CT molecular complexity index is 1010. The highest BCUT2D eigenvalue weighted by Gasteiger charge is 2.35. The maximum Gasteiger partial charge on any atom is 0.290 e. The SMILES string of the molecule is Cn1c(C(=O)N2CCN(C3CCC(O)CC3)C(=O)C2)nc2c(Br)cc(C3CC3)cc21. The van der Waals surface area contributed by atoms with Gasteiger partial charge in [0.05, 0.1) is 11.6 Å². The van der Waals surface area contributed by atoms with Crippen molar-refractivity contribution in [3.63, 3.8) is 0 Å². The summed E-state index contributed by atoms with van der Waals surface area (Å²) in [6.45, 7) is 1.15. The smallest absolute Gasteiger partial charge is 0.290 e. The van der Waals surface area contributed by atoms with Gasteiger partial charge in [-0.15, -0.1) is 0 Å². The van der Waals surface area contributed by atoms with Crippen molar-refractivity contribution in [1.82, 2.24) is 19.4 Å². The van der Waals surface area contributed by atoms with E-state index >= 15 is 0 Å². The van der Waals surface area contributed by atoms with Gasteiger partial charge in [-0.1, -0.05) is 0 Å². The molecular formula is C22H27BrN4O3. The van der Waals surface area contributed by atoms with E-state index in [2.05, 4.69) is 33.0 Å². The number of aromatic nitrogens is 2. The molecule has 0 unspecified atom stereocenters. The van der Waals surface area contributed by atoms with E-state index in [-0.39, 0.29) is 30.5 Å². The third-order valence-electron chi connectivity index (χ3n) is 6.85. The molecule has 3 fully saturated rings. The fourth-order valence-corrected chi connectivity index (χ4v) is 5.42. The first-order chi connectivity index (χ1) is 14.4. The molecule has 0 radical (unpaired) electrons. The number of nitrogens with zero attached hydrogens (tertiary/aromatic N) is 4. The fourth-order valence-electron chi connectivity index (χ4n) is 4.87. The summed E-state index contributed by atoms with van der Waals surface area (Å²) in [5, 5.41) is 9.72. The highest BCUT2D eigenvalue weighted by molar-refractivity contribution is 9.10. The number of aliphatic hydroxyl groups is 1. The molecule has 1 aromatic heterocycles. The first-order valence-corrected chi connectivity index (χ1v) is 11.6. The molecule has 160 valence electrons. The summed E-state index contributed by atoms with van der Waals surface area (Å²) in [6, 6.07) is 4.44. The van der Waals surface area contributed by atoms with Gasteiger partial charge in [0.25, 0.3) is 5.91 Å². The highest BCUT2D eigenvalue weighted by Crippen LogP contribution is 2.42. The number of amides is 2. The Kier molecular flexibility index (Phi) is 5.09. The van der Waals surface area contributed by atoms with Crippen LogP contribution in [0.1, 0.15) is 60.6 Å². The Hall–Kier alpha value is -1.93. The lowest BCUT2D eigenvalue weighted by molar-refractivity contribution is -0.138. The molecule has 2 heterocycles. The van der Waals surface area contributed by atoms with E-state index in [0.29, 0.717) is 24.8 Å². The largest absolute Gasteiger partial charge is 0.393 e. The predicted octanol–water partition coefficient (Wildman–Crippen LogP) is 2.80. The van der Waals surface area contributed by atoms with Crippen LogP contribution in [0.15, 0.2) is 16.6 Å². The van der Waals surface area contributed by atoms with Gasteiger partial charge in [0.2, 0.25) is 5.91 Å². The normalized spacial score (nSPS) is 25.2. The number of benzene rings is 1. The van der Waals surface area contributed by atoms with Crippen LogP contribution in [0.4, 0.5) is 0 Å². The Balaban J connectivity index is 1.34. The first kappa shape index (κ1) is 20.0. The van der Waals surface area contributed by atoms with E-state index in [1.54, 1.807) is 4.90 Å². The van der Waals surface area contributed by atoms with Crippen LogP contribution in [-0.2, 0) is 11.8 Å². The second-order valence-electron chi connectivity index (χ2n) is 8.92. The van der Waals surface area contributed by atoms with Crippen molar-refractivity contribution in [1.29, 1.82) is 0 Å². The van der Waals surface area contributed by atoms with Crippen molar-refractivity contribution in [2.24, 2.45) is 7.05 Å². The molecule has 3 aliphatic rings. The van der Waals surface area contributed by atoms with E-state index < -0.39 is 0 Å². The molecule has 2 saturated carbocycles. The van der Waals surface area contributed by atoms with E-state index in [0.717, 1.165) is 41.2 Å².